The van der Waals surface area contributed by atoms with Gasteiger partial charge in [-0.1, -0.05) is 24.4 Å². The number of amides is 1. The van der Waals surface area contributed by atoms with Crippen molar-refractivity contribution in [3.8, 4) is 5.75 Å². The molecule has 1 fully saturated rings. The Hall–Kier alpha value is -1.26. The lowest BCUT2D eigenvalue weighted by atomic mass is 10.1. The van der Waals surface area contributed by atoms with Gasteiger partial charge in [-0.2, -0.15) is 0 Å². The zero-order valence-electron chi connectivity index (χ0n) is 11.6. The Balaban J connectivity index is 1.91. The maximum Gasteiger partial charge on any atom is 0.258 e. The lowest BCUT2D eigenvalue weighted by Crippen LogP contribution is -2.36. The Bertz CT molecular complexity index is 470. The van der Waals surface area contributed by atoms with Crippen molar-refractivity contribution < 1.29 is 14.6 Å². The van der Waals surface area contributed by atoms with Crippen LogP contribution in [0, 0.1) is 0 Å². The third-order valence-electron chi connectivity index (χ3n) is 3.50. The number of halogens is 1. The van der Waals surface area contributed by atoms with Gasteiger partial charge < -0.3 is 15.2 Å². The molecule has 4 nitrogen and oxygen atoms in total. The number of rotatable bonds is 5. The molecule has 2 N–H and O–H groups in total. The first-order chi connectivity index (χ1) is 9.56. The summed E-state index contributed by atoms with van der Waals surface area (Å²) in [6, 6.07) is 5.29. The molecule has 0 aliphatic heterocycles. The number of carbonyl (C=O) groups excluding carboxylic acids is 1. The summed E-state index contributed by atoms with van der Waals surface area (Å²) >= 11 is 5.89. The second kappa shape index (κ2) is 6.95. The van der Waals surface area contributed by atoms with Gasteiger partial charge in [-0.05, 0) is 38.0 Å². The summed E-state index contributed by atoms with van der Waals surface area (Å²) in [7, 11) is 0. The summed E-state index contributed by atoms with van der Waals surface area (Å²) in [6.45, 7) is 1.59. The standard InChI is InChI=1S/C15H20ClNO3/c1-10(18)13-8-11(16)6-7-14(13)20-9-15(19)17-12-4-2-3-5-12/h6-8,10,12,18H,2-5,9H2,1H3,(H,17,19). The molecule has 1 aromatic rings. The number of aliphatic hydroxyl groups is 1. The summed E-state index contributed by atoms with van der Waals surface area (Å²) < 4.78 is 5.49. The van der Waals surface area contributed by atoms with Crippen molar-refractivity contribution in [2.75, 3.05) is 6.61 Å². The fraction of sp³-hybridized carbons (Fsp3) is 0.533. The van der Waals surface area contributed by atoms with Crippen molar-refractivity contribution in [2.24, 2.45) is 0 Å². The molecule has 0 bridgehead atoms. The molecular formula is C15H20ClNO3. The van der Waals surface area contributed by atoms with Crippen LogP contribution in [-0.2, 0) is 4.79 Å². The Morgan fingerprint density at radius 2 is 2.20 bits per heavy atom. The van der Waals surface area contributed by atoms with Gasteiger partial charge in [0.25, 0.3) is 5.91 Å². The molecule has 1 amide bonds. The number of hydrogen-bond acceptors (Lipinski definition) is 3. The maximum absolute atomic E-state index is 11.8. The average Bonchev–Trinajstić information content (AvgIpc) is 2.90. The van der Waals surface area contributed by atoms with Crippen molar-refractivity contribution >= 4 is 17.5 Å². The lowest BCUT2D eigenvalue weighted by Gasteiger charge is -2.15. The second-order valence-electron chi connectivity index (χ2n) is 5.20. The van der Waals surface area contributed by atoms with Crippen LogP contribution in [0.25, 0.3) is 0 Å². The van der Waals surface area contributed by atoms with Crippen LogP contribution in [0.3, 0.4) is 0 Å². The molecule has 1 aliphatic rings. The van der Waals surface area contributed by atoms with Crippen LogP contribution < -0.4 is 10.1 Å². The van der Waals surface area contributed by atoms with Crippen LogP contribution in [-0.4, -0.2) is 23.7 Å². The van der Waals surface area contributed by atoms with Crippen LogP contribution in [0.15, 0.2) is 18.2 Å². The quantitative estimate of drug-likeness (QED) is 0.878. The number of hydrogen-bond donors (Lipinski definition) is 2. The number of nitrogens with one attached hydrogen (secondary N) is 1. The van der Waals surface area contributed by atoms with E-state index >= 15 is 0 Å². The number of benzene rings is 1. The van der Waals surface area contributed by atoms with Crippen LogP contribution in [0.2, 0.25) is 5.02 Å². The van der Waals surface area contributed by atoms with E-state index in [9.17, 15) is 9.90 Å². The monoisotopic (exact) mass is 297 g/mol. The van der Waals surface area contributed by atoms with Gasteiger partial charge in [-0.15, -0.1) is 0 Å². The van der Waals surface area contributed by atoms with E-state index in [2.05, 4.69) is 5.32 Å². The van der Waals surface area contributed by atoms with Crippen molar-refractivity contribution in [3.05, 3.63) is 28.8 Å². The molecule has 1 saturated carbocycles. The SMILES string of the molecule is CC(O)c1cc(Cl)ccc1OCC(=O)NC1CCCC1. The predicted molar refractivity (Wildman–Crippen MR) is 78.0 cm³/mol. The van der Waals surface area contributed by atoms with Crippen molar-refractivity contribution in [1.29, 1.82) is 0 Å². The van der Waals surface area contributed by atoms with Gasteiger partial charge in [0.05, 0.1) is 6.10 Å². The van der Waals surface area contributed by atoms with E-state index in [4.69, 9.17) is 16.3 Å². The largest absolute Gasteiger partial charge is 0.483 e. The summed E-state index contributed by atoms with van der Waals surface area (Å²) in [6.07, 6.45) is 3.75. The van der Waals surface area contributed by atoms with Gasteiger partial charge in [0.15, 0.2) is 6.61 Å². The highest BCUT2D eigenvalue weighted by Gasteiger charge is 2.18. The molecule has 0 spiro atoms. The zero-order chi connectivity index (χ0) is 14.5. The molecule has 0 aromatic heterocycles. The van der Waals surface area contributed by atoms with E-state index in [-0.39, 0.29) is 18.6 Å². The average molecular weight is 298 g/mol. The van der Waals surface area contributed by atoms with E-state index in [1.165, 1.54) is 12.8 Å². The lowest BCUT2D eigenvalue weighted by molar-refractivity contribution is -0.123. The molecule has 1 aliphatic carbocycles. The van der Waals surface area contributed by atoms with Crippen LogP contribution in [0.1, 0.15) is 44.3 Å². The smallest absolute Gasteiger partial charge is 0.258 e. The molecule has 2 rings (SSSR count). The third kappa shape index (κ3) is 4.12. The van der Waals surface area contributed by atoms with Gasteiger partial charge in [-0.25, -0.2) is 0 Å². The van der Waals surface area contributed by atoms with Gasteiger partial charge in [0, 0.05) is 16.6 Å². The van der Waals surface area contributed by atoms with Gasteiger partial charge in [0.2, 0.25) is 0 Å². The highest BCUT2D eigenvalue weighted by molar-refractivity contribution is 6.30. The molecule has 20 heavy (non-hydrogen) atoms. The van der Waals surface area contributed by atoms with E-state index in [1.54, 1.807) is 25.1 Å². The van der Waals surface area contributed by atoms with Gasteiger partial charge in [-0.3, -0.25) is 4.79 Å². The molecule has 110 valence electrons. The summed E-state index contributed by atoms with van der Waals surface area (Å²) in [5.41, 5.74) is 0.589. The highest BCUT2D eigenvalue weighted by atomic mass is 35.5. The number of carbonyl (C=O) groups is 1. The Labute approximate surface area is 124 Å². The molecule has 0 radical (unpaired) electrons. The van der Waals surface area contributed by atoms with Gasteiger partial charge in [0.1, 0.15) is 5.75 Å². The second-order valence-corrected chi connectivity index (χ2v) is 5.63. The minimum atomic E-state index is -0.693. The first kappa shape index (κ1) is 15.1. The van der Waals surface area contributed by atoms with E-state index in [0.717, 1.165) is 12.8 Å². The fourth-order valence-corrected chi connectivity index (χ4v) is 2.64. The first-order valence-corrected chi connectivity index (χ1v) is 7.33. The normalized spacial score (nSPS) is 16.9. The van der Waals surface area contributed by atoms with Crippen molar-refractivity contribution in [3.63, 3.8) is 0 Å². The number of ether oxygens (including phenoxy) is 1. The molecule has 1 unspecified atom stereocenters. The fourth-order valence-electron chi connectivity index (χ4n) is 2.46. The summed E-state index contributed by atoms with van der Waals surface area (Å²) in [5.74, 6) is 0.370. The molecule has 1 aromatic carbocycles. The summed E-state index contributed by atoms with van der Waals surface area (Å²) in [5, 5.41) is 13.2. The van der Waals surface area contributed by atoms with E-state index < -0.39 is 6.10 Å². The Morgan fingerprint density at radius 1 is 1.50 bits per heavy atom. The van der Waals surface area contributed by atoms with Crippen LogP contribution >= 0.6 is 11.6 Å². The molecule has 5 heteroatoms. The zero-order valence-corrected chi connectivity index (χ0v) is 12.3. The first-order valence-electron chi connectivity index (χ1n) is 6.96. The Kier molecular flexibility index (Phi) is 5.26. The van der Waals surface area contributed by atoms with E-state index in [0.29, 0.717) is 16.3 Å². The minimum Gasteiger partial charge on any atom is -0.483 e. The van der Waals surface area contributed by atoms with Crippen LogP contribution in [0.4, 0.5) is 0 Å². The number of aliphatic hydroxyl groups excluding tert-OH is 1. The summed E-state index contributed by atoms with van der Waals surface area (Å²) in [4.78, 5) is 11.8. The maximum atomic E-state index is 11.8. The van der Waals surface area contributed by atoms with Crippen molar-refractivity contribution in [2.45, 2.75) is 44.8 Å². The molecule has 0 heterocycles. The highest BCUT2D eigenvalue weighted by Crippen LogP contribution is 2.28. The minimum absolute atomic E-state index is 0.0438. The third-order valence-corrected chi connectivity index (χ3v) is 3.74. The molecule has 1 atom stereocenters. The predicted octanol–water partition coefficient (Wildman–Crippen LogP) is 2.83. The van der Waals surface area contributed by atoms with Gasteiger partial charge >= 0.3 is 0 Å². The molecule has 0 saturated heterocycles. The van der Waals surface area contributed by atoms with Crippen LogP contribution in [0.5, 0.6) is 5.75 Å². The van der Waals surface area contributed by atoms with E-state index in [1.807, 2.05) is 0 Å². The van der Waals surface area contributed by atoms with Crippen molar-refractivity contribution in [1.82, 2.24) is 5.32 Å². The topological polar surface area (TPSA) is 58.6 Å². The Morgan fingerprint density at radius 3 is 2.85 bits per heavy atom. The molecular weight excluding hydrogens is 278 g/mol.